The maximum absolute atomic E-state index is 12.1. The number of carbonyl (C=O) groups excluding carboxylic acids is 1. The molecule has 0 spiro atoms. The molecule has 0 heterocycles. The third-order valence-electron chi connectivity index (χ3n) is 3.03. The van der Waals surface area contributed by atoms with E-state index in [1.165, 1.54) is 0 Å². The fourth-order valence-corrected chi connectivity index (χ4v) is 2.06. The Morgan fingerprint density at radius 2 is 1.76 bits per heavy atom. The van der Waals surface area contributed by atoms with Crippen molar-refractivity contribution in [1.82, 2.24) is 10.2 Å². The Hall–Kier alpha value is -1.88. The van der Waals surface area contributed by atoms with Crippen molar-refractivity contribution >= 4 is 11.9 Å². The number of hydrogen-bond donors (Lipinski definition) is 2. The van der Waals surface area contributed by atoms with Gasteiger partial charge >= 0.3 is 5.97 Å². The van der Waals surface area contributed by atoms with Gasteiger partial charge in [0.2, 0.25) is 0 Å². The summed E-state index contributed by atoms with van der Waals surface area (Å²) in [6, 6.07) is 6.37. The number of carbonyl (C=O) groups is 2. The molecule has 1 aromatic carbocycles. The van der Waals surface area contributed by atoms with Crippen molar-refractivity contribution < 1.29 is 14.7 Å². The maximum atomic E-state index is 12.1. The van der Waals surface area contributed by atoms with E-state index in [0.29, 0.717) is 12.0 Å². The normalized spacial score (nSPS) is 12.5. The SMILES string of the molecule is CC(C)C[C@H](NC(=O)c1ccc(CN(C)C)cc1)C(=O)O. The number of benzene rings is 1. The summed E-state index contributed by atoms with van der Waals surface area (Å²) < 4.78 is 0. The minimum Gasteiger partial charge on any atom is -0.480 e. The zero-order valence-corrected chi connectivity index (χ0v) is 13.1. The predicted octanol–water partition coefficient (Wildman–Crippen LogP) is 1.98. The van der Waals surface area contributed by atoms with E-state index in [2.05, 4.69) is 5.32 Å². The molecule has 2 N–H and O–H groups in total. The van der Waals surface area contributed by atoms with Crippen molar-refractivity contribution in [3.8, 4) is 0 Å². The highest BCUT2D eigenvalue weighted by Gasteiger charge is 2.21. The van der Waals surface area contributed by atoms with Gasteiger partial charge in [-0.3, -0.25) is 4.79 Å². The van der Waals surface area contributed by atoms with Gasteiger partial charge in [0.1, 0.15) is 6.04 Å². The van der Waals surface area contributed by atoms with Gasteiger partial charge in [-0.25, -0.2) is 4.79 Å². The van der Waals surface area contributed by atoms with E-state index in [9.17, 15) is 9.59 Å². The van der Waals surface area contributed by atoms with Gasteiger partial charge in [-0.05, 0) is 44.1 Å². The Morgan fingerprint density at radius 3 is 2.19 bits per heavy atom. The molecule has 0 aliphatic heterocycles. The Balaban J connectivity index is 2.71. The molecule has 0 bridgehead atoms. The lowest BCUT2D eigenvalue weighted by atomic mass is 10.0. The number of aliphatic carboxylic acids is 1. The molecule has 0 fully saturated rings. The van der Waals surface area contributed by atoms with E-state index in [1.54, 1.807) is 12.1 Å². The van der Waals surface area contributed by atoms with Crippen LogP contribution in [0.2, 0.25) is 0 Å². The van der Waals surface area contributed by atoms with Crippen LogP contribution in [0, 0.1) is 5.92 Å². The zero-order valence-electron chi connectivity index (χ0n) is 13.1. The quantitative estimate of drug-likeness (QED) is 0.806. The third kappa shape index (κ3) is 5.95. The lowest BCUT2D eigenvalue weighted by molar-refractivity contribution is -0.139. The number of rotatable bonds is 7. The zero-order chi connectivity index (χ0) is 16.0. The number of carboxylic acids is 1. The fourth-order valence-electron chi connectivity index (χ4n) is 2.06. The topological polar surface area (TPSA) is 69.6 Å². The van der Waals surface area contributed by atoms with Crippen LogP contribution in [0.4, 0.5) is 0 Å². The summed E-state index contributed by atoms with van der Waals surface area (Å²) in [5, 5.41) is 11.7. The first-order chi connectivity index (χ1) is 9.79. The monoisotopic (exact) mass is 292 g/mol. The highest BCUT2D eigenvalue weighted by Crippen LogP contribution is 2.09. The molecule has 5 nitrogen and oxygen atoms in total. The Bertz CT molecular complexity index is 481. The van der Waals surface area contributed by atoms with E-state index in [1.807, 2.05) is 45.0 Å². The average Bonchev–Trinajstić information content (AvgIpc) is 2.37. The smallest absolute Gasteiger partial charge is 0.326 e. The van der Waals surface area contributed by atoms with Crippen molar-refractivity contribution in [3.05, 3.63) is 35.4 Å². The summed E-state index contributed by atoms with van der Waals surface area (Å²) in [6.45, 7) is 4.66. The average molecular weight is 292 g/mol. The van der Waals surface area contributed by atoms with Crippen molar-refractivity contribution in [3.63, 3.8) is 0 Å². The Morgan fingerprint density at radius 1 is 1.19 bits per heavy atom. The summed E-state index contributed by atoms with van der Waals surface area (Å²) in [5.41, 5.74) is 1.58. The van der Waals surface area contributed by atoms with Gasteiger partial charge in [0, 0.05) is 12.1 Å². The molecule has 1 amide bonds. The molecule has 0 saturated heterocycles. The summed E-state index contributed by atoms with van der Waals surface area (Å²) in [4.78, 5) is 25.3. The van der Waals surface area contributed by atoms with Crippen LogP contribution in [-0.2, 0) is 11.3 Å². The lowest BCUT2D eigenvalue weighted by Gasteiger charge is -2.16. The van der Waals surface area contributed by atoms with Gasteiger partial charge in [0.25, 0.3) is 5.91 Å². The molecule has 0 unspecified atom stereocenters. The second-order valence-corrected chi connectivity index (χ2v) is 5.93. The third-order valence-corrected chi connectivity index (χ3v) is 3.03. The van der Waals surface area contributed by atoms with E-state index in [-0.39, 0.29) is 11.8 Å². The molecule has 21 heavy (non-hydrogen) atoms. The number of nitrogens with one attached hydrogen (secondary N) is 1. The molecule has 0 aromatic heterocycles. The largest absolute Gasteiger partial charge is 0.480 e. The molecular weight excluding hydrogens is 268 g/mol. The second-order valence-electron chi connectivity index (χ2n) is 5.93. The first kappa shape index (κ1) is 17.2. The van der Waals surface area contributed by atoms with Crippen LogP contribution in [0.3, 0.4) is 0 Å². The van der Waals surface area contributed by atoms with E-state index >= 15 is 0 Å². The van der Waals surface area contributed by atoms with Crippen molar-refractivity contribution in [1.29, 1.82) is 0 Å². The Kier molecular flexibility index (Phi) is 6.37. The summed E-state index contributed by atoms with van der Waals surface area (Å²) in [5.74, 6) is -1.14. The van der Waals surface area contributed by atoms with Crippen LogP contribution < -0.4 is 5.32 Å². The molecule has 116 valence electrons. The molecule has 0 aliphatic rings. The number of amides is 1. The molecule has 1 aromatic rings. The number of hydrogen-bond acceptors (Lipinski definition) is 3. The van der Waals surface area contributed by atoms with Crippen LogP contribution >= 0.6 is 0 Å². The molecule has 1 rings (SSSR count). The van der Waals surface area contributed by atoms with E-state index < -0.39 is 12.0 Å². The van der Waals surface area contributed by atoms with Crippen LogP contribution in [0.25, 0.3) is 0 Å². The molecule has 1 atom stereocenters. The minimum absolute atomic E-state index is 0.203. The van der Waals surface area contributed by atoms with Crippen LogP contribution in [0.5, 0.6) is 0 Å². The first-order valence-electron chi connectivity index (χ1n) is 7.07. The van der Waals surface area contributed by atoms with Gasteiger partial charge < -0.3 is 15.3 Å². The van der Waals surface area contributed by atoms with Crippen LogP contribution in [0.1, 0.15) is 36.2 Å². The molecular formula is C16H24N2O3. The highest BCUT2D eigenvalue weighted by molar-refractivity contribution is 5.96. The van der Waals surface area contributed by atoms with Gasteiger partial charge in [-0.1, -0.05) is 26.0 Å². The summed E-state index contributed by atoms with van der Waals surface area (Å²) in [6.07, 6.45) is 0.416. The number of nitrogens with zero attached hydrogens (tertiary/aromatic N) is 1. The Labute approximate surface area is 126 Å². The molecule has 5 heteroatoms. The predicted molar refractivity (Wildman–Crippen MR) is 82.2 cm³/mol. The van der Waals surface area contributed by atoms with E-state index in [4.69, 9.17) is 5.11 Å². The van der Waals surface area contributed by atoms with Gasteiger partial charge in [-0.2, -0.15) is 0 Å². The highest BCUT2D eigenvalue weighted by atomic mass is 16.4. The number of carboxylic acid groups (broad SMARTS) is 1. The standard InChI is InChI=1S/C16H24N2O3/c1-11(2)9-14(16(20)21)17-15(19)13-7-5-12(6-8-13)10-18(3)4/h5-8,11,14H,9-10H2,1-4H3,(H,17,19)(H,20,21)/t14-/m0/s1. The molecule has 0 aliphatic carbocycles. The van der Waals surface area contributed by atoms with Crippen molar-refractivity contribution in [2.45, 2.75) is 32.9 Å². The van der Waals surface area contributed by atoms with Gasteiger partial charge in [0.15, 0.2) is 0 Å². The van der Waals surface area contributed by atoms with E-state index in [0.717, 1.165) is 12.1 Å². The van der Waals surface area contributed by atoms with Crippen LogP contribution in [-0.4, -0.2) is 42.0 Å². The summed E-state index contributed by atoms with van der Waals surface area (Å²) >= 11 is 0. The van der Waals surface area contributed by atoms with Crippen LogP contribution in [0.15, 0.2) is 24.3 Å². The lowest BCUT2D eigenvalue weighted by Crippen LogP contribution is -2.41. The summed E-state index contributed by atoms with van der Waals surface area (Å²) in [7, 11) is 3.95. The maximum Gasteiger partial charge on any atom is 0.326 e. The fraction of sp³-hybridized carbons (Fsp3) is 0.500. The molecule has 0 saturated carbocycles. The minimum atomic E-state index is -0.999. The van der Waals surface area contributed by atoms with Crippen molar-refractivity contribution in [2.24, 2.45) is 5.92 Å². The van der Waals surface area contributed by atoms with Crippen molar-refractivity contribution in [2.75, 3.05) is 14.1 Å². The molecule has 0 radical (unpaired) electrons. The second kappa shape index (κ2) is 7.78. The first-order valence-corrected chi connectivity index (χ1v) is 7.07. The van der Waals surface area contributed by atoms with Gasteiger partial charge in [0.05, 0.1) is 0 Å². The van der Waals surface area contributed by atoms with Gasteiger partial charge in [-0.15, -0.1) is 0 Å².